The van der Waals surface area contributed by atoms with E-state index >= 15 is 0 Å². The smallest absolute Gasteiger partial charge is 0.335 e. The van der Waals surface area contributed by atoms with Crippen molar-refractivity contribution in [2.45, 2.75) is 13.0 Å². The van der Waals surface area contributed by atoms with Crippen LogP contribution in [0, 0.1) is 0 Å². The fourth-order valence-electron chi connectivity index (χ4n) is 1.76. The van der Waals surface area contributed by atoms with Crippen LogP contribution in [0.15, 0.2) is 48.5 Å². The second kappa shape index (κ2) is 6.95. The minimum Gasteiger partial charge on any atom is -0.479 e. The summed E-state index contributed by atoms with van der Waals surface area (Å²) in [5, 5.41) is 11.9. The summed E-state index contributed by atoms with van der Waals surface area (Å²) < 4.78 is 5.50. The maximum atomic E-state index is 12.1. The van der Waals surface area contributed by atoms with E-state index in [1.54, 1.807) is 43.3 Å². The summed E-state index contributed by atoms with van der Waals surface area (Å²) in [6, 6.07) is 12.8. The Bertz CT molecular complexity index is 702. The van der Waals surface area contributed by atoms with Gasteiger partial charge in [-0.1, -0.05) is 29.8 Å². The summed E-state index contributed by atoms with van der Waals surface area (Å²) >= 11 is 5.97. The zero-order valence-corrected chi connectivity index (χ0v) is 12.5. The number of aromatic carboxylic acids is 1. The Hall–Kier alpha value is -2.53. The van der Waals surface area contributed by atoms with Gasteiger partial charge in [-0.3, -0.25) is 4.79 Å². The Morgan fingerprint density at radius 3 is 2.59 bits per heavy atom. The number of rotatable bonds is 5. The van der Waals surface area contributed by atoms with Gasteiger partial charge < -0.3 is 15.2 Å². The van der Waals surface area contributed by atoms with Gasteiger partial charge in [-0.2, -0.15) is 0 Å². The highest BCUT2D eigenvalue weighted by Gasteiger charge is 2.16. The van der Waals surface area contributed by atoms with Crippen molar-refractivity contribution >= 4 is 29.2 Å². The van der Waals surface area contributed by atoms with Crippen LogP contribution < -0.4 is 10.1 Å². The number of ether oxygens (including phenoxy) is 1. The number of benzene rings is 2. The molecule has 2 aromatic carbocycles. The van der Waals surface area contributed by atoms with Gasteiger partial charge in [0.2, 0.25) is 0 Å². The summed E-state index contributed by atoms with van der Waals surface area (Å²) in [4.78, 5) is 23.0. The molecule has 22 heavy (non-hydrogen) atoms. The molecule has 0 aliphatic heterocycles. The second-order valence-electron chi connectivity index (χ2n) is 4.57. The number of para-hydroxylation sites is 1. The lowest BCUT2D eigenvalue weighted by Crippen LogP contribution is -2.30. The molecule has 0 aliphatic rings. The number of carboxylic acids is 1. The van der Waals surface area contributed by atoms with Gasteiger partial charge in [-0.05, 0) is 37.3 Å². The first-order chi connectivity index (χ1) is 10.5. The van der Waals surface area contributed by atoms with Gasteiger partial charge in [0.25, 0.3) is 5.91 Å². The maximum Gasteiger partial charge on any atom is 0.335 e. The molecule has 2 rings (SSSR count). The number of anilines is 1. The fourth-order valence-corrected chi connectivity index (χ4v) is 1.94. The van der Waals surface area contributed by atoms with Crippen LogP contribution in [0.3, 0.4) is 0 Å². The minimum atomic E-state index is -1.06. The Morgan fingerprint density at radius 2 is 1.91 bits per heavy atom. The van der Waals surface area contributed by atoms with Crippen LogP contribution in [0.25, 0.3) is 0 Å². The summed E-state index contributed by atoms with van der Waals surface area (Å²) in [5.41, 5.74) is 0.483. The predicted octanol–water partition coefficient (Wildman–Crippen LogP) is 3.44. The first-order valence-corrected chi connectivity index (χ1v) is 6.90. The van der Waals surface area contributed by atoms with Gasteiger partial charge in [0.1, 0.15) is 5.75 Å². The van der Waals surface area contributed by atoms with Gasteiger partial charge in [0.05, 0.1) is 10.6 Å². The number of carboxylic acid groups (broad SMARTS) is 1. The maximum absolute atomic E-state index is 12.1. The Balaban J connectivity index is 2.04. The quantitative estimate of drug-likeness (QED) is 0.885. The van der Waals surface area contributed by atoms with Crippen molar-refractivity contribution in [2.24, 2.45) is 0 Å². The lowest BCUT2D eigenvalue weighted by atomic mass is 10.2. The monoisotopic (exact) mass is 319 g/mol. The normalized spacial score (nSPS) is 11.5. The third-order valence-corrected chi connectivity index (χ3v) is 3.20. The number of hydrogen-bond acceptors (Lipinski definition) is 3. The second-order valence-corrected chi connectivity index (χ2v) is 4.97. The Kier molecular flexibility index (Phi) is 5.01. The average Bonchev–Trinajstić information content (AvgIpc) is 2.49. The van der Waals surface area contributed by atoms with Crippen LogP contribution in [0.4, 0.5) is 5.69 Å². The molecule has 0 saturated heterocycles. The van der Waals surface area contributed by atoms with Crippen molar-refractivity contribution in [1.29, 1.82) is 0 Å². The number of carbonyl (C=O) groups is 2. The molecule has 1 atom stereocenters. The topological polar surface area (TPSA) is 75.6 Å². The highest BCUT2D eigenvalue weighted by molar-refractivity contribution is 6.32. The molecule has 0 radical (unpaired) electrons. The van der Waals surface area contributed by atoms with Crippen molar-refractivity contribution in [2.75, 3.05) is 5.32 Å². The van der Waals surface area contributed by atoms with E-state index in [1.165, 1.54) is 12.1 Å². The zero-order chi connectivity index (χ0) is 16.1. The van der Waals surface area contributed by atoms with Crippen LogP contribution in [0.1, 0.15) is 17.3 Å². The standard InChI is InChI=1S/C16H14ClNO4/c1-10(22-14-8-3-2-7-13(14)17)15(19)18-12-6-4-5-11(9-12)16(20)21/h2-10H,1H3,(H,18,19)(H,20,21)/t10-/m1/s1. The number of hydrogen-bond donors (Lipinski definition) is 2. The van der Waals surface area contributed by atoms with Crippen LogP contribution in [0.2, 0.25) is 5.02 Å². The van der Waals surface area contributed by atoms with Crippen molar-refractivity contribution in [3.63, 3.8) is 0 Å². The first kappa shape index (κ1) is 15.9. The van der Waals surface area contributed by atoms with Gasteiger partial charge in [0, 0.05) is 5.69 Å². The molecule has 0 bridgehead atoms. The number of halogens is 1. The highest BCUT2D eigenvalue weighted by atomic mass is 35.5. The van der Waals surface area contributed by atoms with Crippen LogP contribution in [-0.2, 0) is 4.79 Å². The van der Waals surface area contributed by atoms with E-state index in [4.69, 9.17) is 21.4 Å². The predicted molar refractivity (Wildman–Crippen MR) is 83.6 cm³/mol. The van der Waals surface area contributed by atoms with Crippen molar-refractivity contribution < 1.29 is 19.4 Å². The Labute approximate surface area is 132 Å². The average molecular weight is 320 g/mol. The van der Waals surface area contributed by atoms with E-state index in [9.17, 15) is 9.59 Å². The molecule has 0 unspecified atom stereocenters. The lowest BCUT2D eigenvalue weighted by molar-refractivity contribution is -0.122. The molecule has 0 fully saturated rings. The lowest BCUT2D eigenvalue weighted by Gasteiger charge is -2.15. The largest absolute Gasteiger partial charge is 0.479 e. The SMILES string of the molecule is C[C@@H](Oc1ccccc1Cl)C(=O)Nc1cccc(C(=O)O)c1. The van der Waals surface area contributed by atoms with Gasteiger partial charge in [-0.15, -0.1) is 0 Å². The molecule has 0 aliphatic carbocycles. The molecule has 0 aromatic heterocycles. The van der Waals surface area contributed by atoms with E-state index in [1.807, 2.05) is 0 Å². The van der Waals surface area contributed by atoms with Crippen molar-refractivity contribution in [1.82, 2.24) is 0 Å². The molecule has 114 valence electrons. The van der Waals surface area contributed by atoms with Crippen molar-refractivity contribution in [3.8, 4) is 5.75 Å². The van der Waals surface area contributed by atoms with Gasteiger partial charge >= 0.3 is 5.97 Å². The fraction of sp³-hybridized carbons (Fsp3) is 0.125. The molecule has 1 amide bonds. The van der Waals surface area contributed by atoms with E-state index in [0.717, 1.165) is 0 Å². The number of nitrogens with one attached hydrogen (secondary N) is 1. The first-order valence-electron chi connectivity index (χ1n) is 6.53. The van der Waals surface area contributed by atoms with Crippen LogP contribution in [-0.4, -0.2) is 23.1 Å². The minimum absolute atomic E-state index is 0.0949. The zero-order valence-electron chi connectivity index (χ0n) is 11.7. The molecule has 2 aromatic rings. The Morgan fingerprint density at radius 1 is 1.18 bits per heavy atom. The molecule has 5 nitrogen and oxygen atoms in total. The van der Waals surface area contributed by atoms with E-state index in [2.05, 4.69) is 5.32 Å². The van der Waals surface area contributed by atoms with E-state index < -0.39 is 18.0 Å². The molecule has 2 N–H and O–H groups in total. The highest BCUT2D eigenvalue weighted by Crippen LogP contribution is 2.24. The number of carbonyl (C=O) groups excluding carboxylic acids is 1. The van der Waals surface area contributed by atoms with Crippen LogP contribution in [0.5, 0.6) is 5.75 Å². The van der Waals surface area contributed by atoms with Crippen LogP contribution >= 0.6 is 11.6 Å². The summed E-state index contributed by atoms with van der Waals surface area (Å²) in [6.45, 7) is 1.58. The van der Waals surface area contributed by atoms with Gasteiger partial charge in [-0.25, -0.2) is 4.79 Å². The summed E-state index contributed by atoms with van der Waals surface area (Å²) in [5.74, 6) is -1.05. The van der Waals surface area contributed by atoms with E-state index in [-0.39, 0.29) is 5.56 Å². The third-order valence-electron chi connectivity index (χ3n) is 2.89. The molecular weight excluding hydrogens is 306 g/mol. The molecule has 0 heterocycles. The molecule has 6 heteroatoms. The third kappa shape index (κ3) is 3.99. The molecule has 0 saturated carbocycles. The van der Waals surface area contributed by atoms with Gasteiger partial charge in [0.15, 0.2) is 6.10 Å². The summed E-state index contributed by atoms with van der Waals surface area (Å²) in [6.07, 6.45) is -0.784. The summed E-state index contributed by atoms with van der Waals surface area (Å²) in [7, 11) is 0. The molecule has 0 spiro atoms. The van der Waals surface area contributed by atoms with E-state index in [0.29, 0.717) is 16.5 Å². The molecular formula is C16H14ClNO4. The number of amides is 1. The van der Waals surface area contributed by atoms with Crippen molar-refractivity contribution in [3.05, 3.63) is 59.1 Å².